The molecule has 0 aromatic carbocycles. The van der Waals surface area contributed by atoms with Crippen LogP contribution in [0.4, 0.5) is 0 Å². The Morgan fingerprint density at radius 3 is 2.45 bits per heavy atom. The summed E-state index contributed by atoms with van der Waals surface area (Å²) in [7, 11) is 0. The predicted molar refractivity (Wildman–Crippen MR) is 38.0 cm³/mol. The van der Waals surface area contributed by atoms with Crippen molar-refractivity contribution in [1.82, 2.24) is 0 Å². The van der Waals surface area contributed by atoms with Gasteiger partial charge in [0.25, 0.3) is 0 Å². The van der Waals surface area contributed by atoms with Crippen LogP contribution in [0.1, 0.15) is 6.42 Å². The van der Waals surface area contributed by atoms with E-state index in [1.165, 1.54) is 0 Å². The fourth-order valence-electron chi connectivity index (χ4n) is 0.564. The molecule has 0 amide bonds. The average molecular weight is 158 g/mol. The molecule has 0 saturated carbocycles. The number of nitriles is 1. The van der Waals surface area contributed by atoms with Gasteiger partial charge in [0.2, 0.25) is 6.54 Å². The predicted octanol–water partition coefficient (Wildman–Crippen LogP) is -1.17. The number of nitrogens with two attached hydrogens (primary N) is 2. The van der Waals surface area contributed by atoms with Crippen molar-refractivity contribution >= 4 is 0 Å². The van der Waals surface area contributed by atoms with Crippen LogP contribution in [0, 0.1) is 21.4 Å². The second kappa shape index (κ2) is 4.60. The number of nitro groups is 1. The first kappa shape index (κ1) is 9.81. The van der Waals surface area contributed by atoms with Gasteiger partial charge in [-0.05, 0) is 0 Å². The molecule has 6 heteroatoms. The van der Waals surface area contributed by atoms with E-state index < -0.39 is 17.0 Å². The summed E-state index contributed by atoms with van der Waals surface area (Å²) in [6, 6.07) is 0.456. The quantitative estimate of drug-likeness (QED) is 0.394. The molecule has 0 fully saturated rings. The standard InChI is InChI=1S/C5H10N4O2/c6-2-1-4(7)5(8)3-9(10)11/h4-5H,1,3,7-8H2. The van der Waals surface area contributed by atoms with Crippen LogP contribution in [-0.2, 0) is 0 Å². The van der Waals surface area contributed by atoms with Crippen molar-refractivity contribution in [3.63, 3.8) is 0 Å². The zero-order valence-corrected chi connectivity index (χ0v) is 5.93. The summed E-state index contributed by atoms with van der Waals surface area (Å²) >= 11 is 0. The molecule has 4 N–H and O–H groups in total. The number of rotatable bonds is 4. The first-order valence-corrected chi connectivity index (χ1v) is 3.08. The lowest BCUT2D eigenvalue weighted by Crippen LogP contribution is -2.45. The third kappa shape index (κ3) is 4.25. The Hall–Kier alpha value is -1.19. The molecule has 0 aromatic heterocycles. The van der Waals surface area contributed by atoms with Crippen molar-refractivity contribution in [1.29, 1.82) is 5.26 Å². The minimum Gasteiger partial charge on any atom is -0.325 e. The highest BCUT2D eigenvalue weighted by Crippen LogP contribution is 1.92. The summed E-state index contributed by atoms with van der Waals surface area (Å²) < 4.78 is 0. The molecule has 6 nitrogen and oxygen atoms in total. The molecule has 0 bridgehead atoms. The molecule has 0 rings (SSSR count). The lowest BCUT2D eigenvalue weighted by Gasteiger charge is -2.11. The van der Waals surface area contributed by atoms with Crippen LogP contribution in [0.15, 0.2) is 0 Å². The minimum atomic E-state index is -0.732. The van der Waals surface area contributed by atoms with Crippen molar-refractivity contribution in [2.24, 2.45) is 11.5 Å². The van der Waals surface area contributed by atoms with Gasteiger partial charge in [-0.1, -0.05) is 0 Å². The summed E-state index contributed by atoms with van der Waals surface area (Å²) in [5.41, 5.74) is 10.6. The molecule has 0 spiro atoms. The van der Waals surface area contributed by atoms with Gasteiger partial charge in [0.15, 0.2) is 0 Å². The topological polar surface area (TPSA) is 119 Å². The lowest BCUT2D eigenvalue weighted by atomic mass is 10.1. The highest BCUT2D eigenvalue weighted by Gasteiger charge is 2.17. The van der Waals surface area contributed by atoms with Crippen LogP contribution in [0.2, 0.25) is 0 Å². The summed E-state index contributed by atoms with van der Waals surface area (Å²) in [5, 5.41) is 18.1. The average Bonchev–Trinajstić information content (AvgIpc) is 1.86. The van der Waals surface area contributed by atoms with E-state index in [9.17, 15) is 10.1 Å². The molecular formula is C5H10N4O2. The minimum absolute atomic E-state index is 0.0506. The van der Waals surface area contributed by atoms with Crippen molar-refractivity contribution in [2.75, 3.05) is 6.54 Å². The van der Waals surface area contributed by atoms with Crippen LogP contribution < -0.4 is 11.5 Å². The van der Waals surface area contributed by atoms with Crippen molar-refractivity contribution in [3.8, 4) is 6.07 Å². The van der Waals surface area contributed by atoms with E-state index in [-0.39, 0.29) is 13.0 Å². The summed E-state index contributed by atoms with van der Waals surface area (Å²) in [5.74, 6) is 0. The van der Waals surface area contributed by atoms with E-state index in [1.807, 2.05) is 0 Å². The van der Waals surface area contributed by atoms with Gasteiger partial charge in [0, 0.05) is 11.0 Å². The highest BCUT2D eigenvalue weighted by molar-refractivity contribution is 4.84. The molecule has 0 radical (unpaired) electrons. The van der Waals surface area contributed by atoms with Crippen molar-refractivity contribution in [3.05, 3.63) is 10.1 Å². The highest BCUT2D eigenvalue weighted by atomic mass is 16.6. The van der Waals surface area contributed by atoms with E-state index in [2.05, 4.69) is 0 Å². The number of nitrogens with zero attached hydrogens (tertiary/aromatic N) is 2. The van der Waals surface area contributed by atoms with E-state index >= 15 is 0 Å². The van der Waals surface area contributed by atoms with Crippen LogP contribution in [0.3, 0.4) is 0 Å². The molecule has 2 unspecified atom stereocenters. The maximum atomic E-state index is 9.91. The molecule has 0 aliphatic rings. The summed E-state index contributed by atoms with van der Waals surface area (Å²) in [4.78, 5) is 9.37. The second-order valence-corrected chi connectivity index (χ2v) is 2.21. The number of hydrogen-bond acceptors (Lipinski definition) is 5. The van der Waals surface area contributed by atoms with Gasteiger partial charge in [-0.15, -0.1) is 0 Å². The van der Waals surface area contributed by atoms with Gasteiger partial charge in [-0.2, -0.15) is 5.26 Å². The van der Waals surface area contributed by atoms with Crippen molar-refractivity contribution < 1.29 is 4.92 Å². The zero-order valence-electron chi connectivity index (χ0n) is 5.93. The first-order valence-electron chi connectivity index (χ1n) is 3.08. The Kier molecular flexibility index (Phi) is 4.10. The SMILES string of the molecule is N#CCC(N)C(N)C[N+](=O)[O-]. The third-order valence-electron chi connectivity index (χ3n) is 1.24. The van der Waals surface area contributed by atoms with Crippen LogP contribution in [0.5, 0.6) is 0 Å². The van der Waals surface area contributed by atoms with Gasteiger partial charge in [0.1, 0.15) is 0 Å². The van der Waals surface area contributed by atoms with Crippen LogP contribution in [0.25, 0.3) is 0 Å². The summed E-state index contributed by atoms with van der Waals surface area (Å²) in [6.07, 6.45) is 0.0506. The normalized spacial score (nSPS) is 15.0. The van der Waals surface area contributed by atoms with Gasteiger partial charge < -0.3 is 11.5 Å². The van der Waals surface area contributed by atoms with Crippen molar-refractivity contribution in [2.45, 2.75) is 18.5 Å². The molecular weight excluding hydrogens is 148 g/mol. The monoisotopic (exact) mass is 158 g/mol. The molecule has 0 heterocycles. The molecule has 0 aromatic rings. The molecule has 11 heavy (non-hydrogen) atoms. The molecule has 0 saturated heterocycles. The zero-order chi connectivity index (χ0) is 8.85. The van der Waals surface area contributed by atoms with Gasteiger partial charge in [-0.3, -0.25) is 10.1 Å². The lowest BCUT2D eigenvalue weighted by molar-refractivity contribution is -0.482. The number of hydrogen-bond donors (Lipinski definition) is 2. The Labute approximate surface area is 63.9 Å². The molecule has 0 aliphatic heterocycles. The van der Waals surface area contributed by atoms with Crippen LogP contribution >= 0.6 is 0 Å². The maximum absolute atomic E-state index is 9.91. The Morgan fingerprint density at radius 2 is 2.09 bits per heavy atom. The first-order chi connectivity index (χ1) is 5.07. The smallest absolute Gasteiger partial charge is 0.220 e. The fourth-order valence-corrected chi connectivity index (χ4v) is 0.564. The summed E-state index contributed by atoms with van der Waals surface area (Å²) in [6.45, 7) is -0.386. The molecule has 2 atom stereocenters. The van der Waals surface area contributed by atoms with E-state index in [4.69, 9.17) is 16.7 Å². The van der Waals surface area contributed by atoms with E-state index in [0.717, 1.165) is 0 Å². The fraction of sp³-hybridized carbons (Fsp3) is 0.800. The molecule has 0 aliphatic carbocycles. The third-order valence-corrected chi connectivity index (χ3v) is 1.24. The van der Waals surface area contributed by atoms with Crippen LogP contribution in [-0.4, -0.2) is 23.6 Å². The van der Waals surface area contributed by atoms with E-state index in [0.29, 0.717) is 0 Å². The van der Waals surface area contributed by atoms with Gasteiger partial charge in [-0.25, -0.2) is 0 Å². The van der Waals surface area contributed by atoms with E-state index in [1.54, 1.807) is 6.07 Å². The molecule has 62 valence electrons. The largest absolute Gasteiger partial charge is 0.325 e. The van der Waals surface area contributed by atoms with Gasteiger partial charge >= 0.3 is 0 Å². The Bertz CT molecular complexity index is 176. The Balaban J connectivity index is 3.74. The second-order valence-electron chi connectivity index (χ2n) is 2.21. The maximum Gasteiger partial charge on any atom is 0.220 e. The van der Waals surface area contributed by atoms with Gasteiger partial charge in [0.05, 0.1) is 18.5 Å². The Morgan fingerprint density at radius 1 is 1.55 bits per heavy atom.